The van der Waals surface area contributed by atoms with E-state index in [0.717, 1.165) is 22.2 Å². The van der Waals surface area contributed by atoms with E-state index >= 15 is 0 Å². The highest BCUT2D eigenvalue weighted by Crippen LogP contribution is 2.19. The molecule has 11 heteroatoms. The first-order chi connectivity index (χ1) is 16.6. The maximum Gasteiger partial charge on any atom is 0.326 e. The third kappa shape index (κ3) is 8.91. The predicted octanol–water partition coefficient (Wildman–Crippen LogP) is 1.01. The zero-order chi connectivity index (χ0) is 26.0. The summed E-state index contributed by atoms with van der Waals surface area (Å²) in [5, 5.41) is 18.1. The van der Waals surface area contributed by atoms with Crippen molar-refractivity contribution in [2.24, 2.45) is 11.7 Å². The number of carbonyl (C=O) groups is 4. The summed E-state index contributed by atoms with van der Waals surface area (Å²) in [6, 6.07) is 4.68. The molecule has 1 aromatic carbocycles. The predicted molar refractivity (Wildman–Crippen MR) is 137 cm³/mol. The van der Waals surface area contributed by atoms with Crippen LogP contribution in [0.1, 0.15) is 32.3 Å². The van der Waals surface area contributed by atoms with Crippen molar-refractivity contribution in [2.75, 3.05) is 18.6 Å². The van der Waals surface area contributed by atoms with E-state index in [1.165, 1.54) is 0 Å². The number of para-hydroxylation sites is 1. The number of aliphatic carboxylic acids is 1. The van der Waals surface area contributed by atoms with E-state index in [2.05, 4.69) is 20.9 Å². The van der Waals surface area contributed by atoms with E-state index in [4.69, 9.17) is 5.73 Å². The molecule has 2 aromatic rings. The number of carbonyl (C=O) groups excluding carboxylic acids is 3. The van der Waals surface area contributed by atoms with Crippen LogP contribution in [0.4, 0.5) is 0 Å². The van der Waals surface area contributed by atoms with Gasteiger partial charge in [0.15, 0.2) is 0 Å². The highest BCUT2D eigenvalue weighted by Gasteiger charge is 2.28. The number of H-pyrrole nitrogens is 1. The second-order valence-electron chi connectivity index (χ2n) is 8.82. The minimum atomic E-state index is -1.14. The number of nitrogens with two attached hydrogens (primary N) is 1. The first-order valence-corrected chi connectivity index (χ1v) is 12.9. The number of benzene rings is 1. The minimum Gasteiger partial charge on any atom is -0.480 e. The number of carboxylic acids is 1. The summed E-state index contributed by atoms with van der Waals surface area (Å²) in [6.07, 6.45) is 4.53. The summed E-state index contributed by atoms with van der Waals surface area (Å²) in [5.74, 6) is -2.02. The summed E-state index contributed by atoms with van der Waals surface area (Å²) in [4.78, 5) is 52.6. The van der Waals surface area contributed by atoms with E-state index in [0.29, 0.717) is 6.42 Å². The summed E-state index contributed by atoms with van der Waals surface area (Å²) in [6.45, 7) is 3.37. The Labute approximate surface area is 209 Å². The average molecular weight is 506 g/mol. The van der Waals surface area contributed by atoms with Crippen molar-refractivity contribution < 1.29 is 24.3 Å². The van der Waals surface area contributed by atoms with Crippen molar-refractivity contribution in [3.63, 3.8) is 0 Å². The van der Waals surface area contributed by atoms with Crippen molar-refractivity contribution in [1.82, 2.24) is 20.9 Å². The first-order valence-electron chi connectivity index (χ1n) is 11.5. The van der Waals surface area contributed by atoms with E-state index in [9.17, 15) is 24.3 Å². The molecule has 1 aromatic heterocycles. The van der Waals surface area contributed by atoms with Crippen LogP contribution in [0.5, 0.6) is 0 Å². The van der Waals surface area contributed by atoms with Gasteiger partial charge in [-0.15, -0.1) is 0 Å². The molecule has 35 heavy (non-hydrogen) atoms. The van der Waals surface area contributed by atoms with Gasteiger partial charge in [0.05, 0.1) is 12.6 Å². The van der Waals surface area contributed by atoms with Gasteiger partial charge in [-0.05, 0) is 42.4 Å². The number of amides is 3. The standard InChI is InChI=1S/C24H35N5O5S/c1-14(2)10-20(24(33)34)29-23(32)19(11-15-12-26-18-7-5-4-6-16(15)18)28-21(30)13-27-22(31)17(25)8-9-35-3/h4-7,12,14,17,19-20,26H,8-11,13,25H2,1-3H3,(H,27,31)(H,28,30)(H,29,32)(H,33,34). The molecule has 0 aliphatic carbocycles. The quantitative estimate of drug-likeness (QED) is 0.223. The molecular weight excluding hydrogens is 470 g/mol. The Hall–Kier alpha value is -3.05. The number of hydrogen-bond acceptors (Lipinski definition) is 6. The van der Waals surface area contributed by atoms with Crippen molar-refractivity contribution in [3.8, 4) is 0 Å². The molecule has 2 rings (SSSR count). The highest BCUT2D eigenvalue weighted by molar-refractivity contribution is 7.98. The zero-order valence-electron chi connectivity index (χ0n) is 20.3. The lowest BCUT2D eigenvalue weighted by molar-refractivity contribution is -0.142. The van der Waals surface area contributed by atoms with Gasteiger partial charge in [0.25, 0.3) is 0 Å². The molecule has 3 amide bonds. The maximum atomic E-state index is 13.1. The molecule has 10 nitrogen and oxygen atoms in total. The van der Waals surface area contributed by atoms with Gasteiger partial charge >= 0.3 is 5.97 Å². The van der Waals surface area contributed by atoms with Crippen LogP contribution < -0.4 is 21.7 Å². The highest BCUT2D eigenvalue weighted by atomic mass is 32.2. The van der Waals surface area contributed by atoms with Crippen molar-refractivity contribution in [2.45, 2.75) is 51.2 Å². The van der Waals surface area contributed by atoms with E-state index in [1.54, 1.807) is 18.0 Å². The number of rotatable bonds is 14. The smallest absolute Gasteiger partial charge is 0.326 e. The van der Waals surface area contributed by atoms with Crippen LogP contribution in [0.3, 0.4) is 0 Å². The zero-order valence-corrected chi connectivity index (χ0v) is 21.1. The van der Waals surface area contributed by atoms with Crippen LogP contribution in [0.2, 0.25) is 0 Å². The number of fused-ring (bicyclic) bond motifs is 1. The van der Waals surface area contributed by atoms with E-state index in [-0.39, 0.29) is 25.3 Å². The van der Waals surface area contributed by atoms with Gasteiger partial charge in [-0.25, -0.2) is 4.79 Å². The molecule has 0 aliphatic rings. The molecule has 0 fully saturated rings. The van der Waals surface area contributed by atoms with Crippen LogP contribution in [0, 0.1) is 5.92 Å². The summed E-state index contributed by atoms with van der Waals surface area (Å²) in [5.41, 5.74) is 7.49. The summed E-state index contributed by atoms with van der Waals surface area (Å²) < 4.78 is 0. The number of thioether (sulfide) groups is 1. The molecule has 1 heterocycles. The number of carboxylic acid groups (broad SMARTS) is 1. The Morgan fingerprint density at radius 1 is 1.09 bits per heavy atom. The third-order valence-corrected chi connectivity index (χ3v) is 6.11. The van der Waals surface area contributed by atoms with Crippen molar-refractivity contribution in [3.05, 3.63) is 36.0 Å². The molecule has 0 aliphatic heterocycles. The lowest BCUT2D eigenvalue weighted by Crippen LogP contribution is -2.54. The molecule has 0 radical (unpaired) electrons. The molecule has 7 N–H and O–H groups in total. The second kappa shape index (κ2) is 13.7. The van der Waals surface area contributed by atoms with Gasteiger partial charge in [-0.1, -0.05) is 32.0 Å². The van der Waals surface area contributed by atoms with Crippen LogP contribution in [0.15, 0.2) is 30.5 Å². The molecule has 0 saturated heterocycles. The number of aromatic nitrogens is 1. The number of hydrogen-bond donors (Lipinski definition) is 6. The van der Waals surface area contributed by atoms with Gasteiger partial charge < -0.3 is 31.8 Å². The minimum absolute atomic E-state index is 0.0450. The largest absolute Gasteiger partial charge is 0.480 e. The molecule has 0 spiro atoms. The fourth-order valence-electron chi connectivity index (χ4n) is 3.61. The Balaban J connectivity index is 2.13. The molecule has 3 unspecified atom stereocenters. The first kappa shape index (κ1) is 28.2. The Kier molecular flexibility index (Phi) is 11.1. The fraction of sp³-hybridized carbons (Fsp3) is 0.500. The van der Waals surface area contributed by atoms with Crippen LogP contribution in [-0.4, -0.2) is 70.5 Å². The third-order valence-electron chi connectivity index (χ3n) is 5.47. The number of aromatic amines is 1. The van der Waals surface area contributed by atoms with E-state index < -0.39 is 41.8 Å². The molecule has 0 bridgehead atoms. The monoisotopic (exact) mass is 505 g/mol. The van der Waals surface area contributed by atoms with Gasteiger partial charge in [-0.2, -0.15) is 11.8 Å². The SMILES string of the molecule is CSCCC(N)C(=O)NCC(=O)NC(Cc1c[nH]c2ccccc12)C(=O)NC(CC(C)C)C(=O)O. The Bertz CT molecular complexity index is 1020. The Morgan fingerprint density at radius 3 is 2.46 bits per heavy atom. The average Bonchev–Trinajstić information content (AvgIpc) is 3.22. The normalized spacial score (nSPS) is 13.7. The van der Waals surface area contributed by atoms with Crippen LogP contribution in [-0.2, 0) is 25.6 Å². The van der Waals surface area contributed by atoms with Gasteiger partial charge in [0, 0.05) is 23.5 Å². The second-order valence-corrected chi connectivity index (χ2v) is 9.80. The topological polar surface area (TPSA) is 166 Å². The van der Waals surface area contributed by atoms with Gasteiger partial charge in [-0.3, -0.25) is 14.4 Å². The molecule has 0 saturated carbocycles. The molecule has 3 atom stereocenters. The van der Waals surface area contributed by atoms with Gasteiger partial charge in [0.2, 0.25) is 17.7 Å². The summed E-state index contributed by atoms with van der Waals surface area (Å²) >= 11 is 1.57. The van der Waals surface area contributed by atoms with Crippen molar-refractivity contribution in [1.29, 1.82) is 0 Å². The van der Waals surface area contributed by atoms with Gasteiger partial charge in [0.1, 0.15) is 12.1 Å². The van der Waals surface area contributed by atoms with E-state index in [1.807, 2.05) is 44.4 Å². The van der Waals surface area contributed by atoms with Crippen LogP contribution >= 0.6 is 11.8 Å². The lowest BCUT2D eigenvalue weighted by atomic mass is 10.0. The molecular formula is C24H35N5O5S. The van der Waals surface area contributed by atoms with Crippen LogP contribution in [0.25, 0.3) is 10.9 Å². The summed E-state index contributed by atoms with van der Waals surface area (Å²) in [7, 11) is 0. The fourth-order valence-corrected chi connectivity index (χ4v) is 4.10. The van der Waals surface area contributed by atoms with Crippen molar-refractivity contribution >= 4 is 46.4 Å². The Morgan fingerprint density at radius 2 is 1.80 bits per heavy atom. The number of nitrogens with one attached hydrogen (secondary N) is 4. The maximum absolute atomic E-state index is 13.1. The molecule has 192 valence electrons. The lowest BCUT2D eigenvalue weighted by Gasteiger charge is -2.22.